The second-order valence-electron chi connectivity index (χ2n) is 9.51. The standard InChI is InChI=1S/C34H44N4O3/c1-3-4-5-6-7-8-9-10-11-12-13-14-15-16-17-18-19-22-32(39)36-27-31-24-30(33(40)28(2)38-31)26-37-34(41)29-21-20-23-35-25-29/h4-5,7-8,10-11,13-14,16-17,20-21,23-25,40H,3,6,9,12,15,18-19,22,26-27H2,1-2H3,(H,36,39)(H,37,41)/b5-4-,8-7-,11-10-,14-13-,17-16-. The van der Waals surface area contributed by atoms with Gasteiger partial charge in [0.25, 0.3) is 5.91 Å². The summed E-state index contributed by atoms with van der Waals surface area (Å²) in [7, 11) is 0. The molecule has 2 rings (SSSR count). The molecule has 0 spiro atoms. The predicted molar refractivity (Wildman–Crippen MR) is 166 cm³/mol. The summed E-state index contributed by atoms with van der Waals surface area (Å²) in [6.07, 6.45) is 31.7. The lowest BCUT2D eigenvalue weighted by atomic mass is 10.1. The number of nitrogens with one attached hydrogen (secondary N) is 2. The Balaban J connectivity index is 1.61. The first-order valence-electron chi connectivity index (χ1n) is 14.4. The van der Waals surface area contributed by atoms with Crippen LogP contribution in [0.15, 0.2) is 91.4 Å². The van der Waals surface area contributed by atoms with E-state index < -0.39 is 0 Å². The molecule has 218 valence electrons. The average Bonchev–Trinajstić information content (AvgIpc) is 2.98. The van der Waals surface area contributed by atoms with E-state index in [2.05, 4.69) is 88.3 Å². The van der Waals surface area contributed by atoms with Gasteiger partial charge >= 0.3 is 0 Å². The number of nitrogens with zero attached hydrogens (tertiary/aromatic N) is 2. The molecule has 0 saturated heterocycles. The molecule has 0 radical (unpaired) electrons. The number of rotatable bonds is 18. The highest BCUT2D eigenvalue weighted by Gasteiger charge is 2.12. The SMILES string of the molecule is CC/C=C\C/C=C\C/C=C\C/C=C\C/C=C\CCCC(=O)NCc1cc(CNC(=O)c2cccnc2)c(O)c(C)n1. The molecule has 0 aliphatic heterocycles. The molecule has 0 aromatic carbocycles. The van der Waals surface area contributed by atoms with Crippen LogP contribution in [0.5, 0.6) is 5.75 Å². The van der Waals surface area contributed by atoms with Gasteiger partial charge in [0.2, 0.25) is 5.91 Å². The molecule has 2 heterocycles. The third-order valence-electron chi connectivity index (χ3n) is 6.06. The van der Waals surface area contributed by atoms with Crippen LogP contribution in [0, 0.1) is 6.92 Å². The maximum absolute atomic E-state index is 12.3. The van der Waals surface area contributed by atoms with Crippen LogP contribution >= 0.6 is 0 Å². The Morgan fingerprint density at radius 2 is 1.51 bits per heavy atom. The molecule has 2 aromatic rings. The summed E-state index contributed by atoms with van der Waals surface area (Å²) in [5.41, 5.74) is 2.05. The van der Waals surface area contributed by atoms with Gasteiger partial charge in [0.1, 0.15) is 5.75 Å². The summed E-state index contributed by atoms with van der Waals surface area (Å²) >= 11 is 0. The maximum atomic E-state index is 12.3. The van der Waals surface area contributed by atoms with Gasteiger partial charge in [0.15, 0.2) is 0 Å². The zero-order chi connectivity index (χ0) is 29.5. The van der Waals surface area contributed by atoms with Crippen molar-refractivity contribution in [2.24, 2.45) is 0 Å². The molecule has 3 N–H and O–H groups in total. The first-order valence-corrected chi connectivity index (χ1v) is 14.4. The molecule has 0 aliphatic carbocycles. The van der Waals surface area contributed by atoms with Crippen molar-refractivity contribution in [3.05, 3.63) is 114 Å². The Morgan fingerprint density at radius 3 is 2.12 bits per heavy atom. The summed E-state index contributed by atoms with van der Waals surface area (Å²) in [6, 6.07) is 5.05. The quantitative estimate of drug-likeness (QED) is 0.136. The van der Waals surface area contributed by atoms with Crippen LogP contribution in [0.25, 0.3) is 0 Å². The third-order valence-corrected chi connectivity index (χ3v) is 6.06. The Labute approximate surface area is 244 Å². The van der Waals surface area contributed by atoms with E-state index in [1.165, 1.54) is 6.20 Å². The van der Waals surface area contributed by atoms with E-state index in [0.717, 1.165) is 44.9 Å². The fraction of sp³-hybridized carbons (Fsp3) is 0.353. The Bertz CT molecular complexity index is 1210. The van der Waals surface area contributed by atoms with E-state index in [0.29, 0.717) is 28.9 Å². The number of amides is 2. The summed E-state index contributed by atoms with van der Waals surface area (Å²) in [4.78, 5) is 32.9. The monoisotopic (exact) mass is 556 g/mol. The van der Waals surface area contributed by atoms with Gasteiger partial charge in [-0.25, -0.2) is 0 Å². The first kappa shape index (κ1) is 32.9. The second kappa shape index (κ2) is 20.6. The van der Waals surface area contributed by atoms with E-state index in [1.54, 1.807) is 31.3 Å². The number of unbranched alkanes of at least 4 members (excludes halogenated alkanes) is 1. The fourth-order valence-corrected chi connectivity index (χ4v) is 3.83. The molecule has 2 amide bonds. The Kier molecular flexibility index (Phi) is 16.6. The van der Waals surface area contributed by atoms with Crippen molar-refractivity contribution in [3.8, 4) is 5.75 Å². The number of aromatic nitrogens is 2. The second-order valence-corrected chi connectivity index (χ2v) is 9.51. The lowest BCUT2D eigenvalue weighted by Crippen LogP contribution is -2.24. The summed E-state index contributed by atoms with van der Waals surface area (Å²) in [6.45, 7) is 4.23. The summed E-state index contributed by atoms with van der Waals surface area (Å²) in [5, 5.41) is 16.0. The molecule has 0 bridgehead atoms. The molecule has 7 heteroatoms. The molecule has 41 heavy (non-hydrogen) atoms. The summed E-state index contributed by atoms with van der Waals surface area (Å²) in [5.74, 6) is -0.297. The van der Waals surface area contributed by atoms with E-state index in [1.807, 2.05) is 0 Å². The van der Waals surface area contributed by atoms with Crippen LogP contribution in [-0.2, 0) is 17.9 Å². The van der Waals surface area contributed by atoms with Crippen LogP contribution in [0.1, 0.15) is 85.6 Å². The van der Waals surface area contributed by atoms with Crippen molar-refractivity contribution >= 4 is 11.8 Å². The van der Waals surface area contributed by atoms with Gasteiger partial charge < -0.3 is 15.7 Å². The molecular formula is C34H44N4O3. The molecule has 7 nitrogen and oxygen atoms in total. The van der Waals surface area contributed by atoms with Crippen LogP contribution in [0.3, 0.4) is 0 Å². The Hall–Kier alpha value is -4.26. The maximum Gasteiger partial charge on any atom is 0.253 e. The van der Waals surface area contributed by atoms with Gasteiger partial charge in [-0.05, 0) is 70.1 Å². The van der Waals surface area contributed by atoms with Crippen LogP contribution < -0.4 is 10.6 Å². The molecule has 0 unspecified atom stereocenters. The van der Waals surface area contributed by atoms with Crippen LogP contribution in [0.4, 0.5) is 0 Å². The zero-order valence-electron chi connectivity index (χ0n) is 24.4. The van der Waals surface area contributed by atoms with E-state index in [-0.39, 0.29) is 30.7 Å². The molecule has 0 aliphatic rings. The fourth-order valence-electron chi connectivity index (χ4n) is 3.83. The Morgan fingerprint density at radius 1 is 0.878 bits per heavy atom. The highest BCUT2D eigenvalue weighted by atomic mass is 16.3. The minimum atomic E-state index is -0.283. The average molecular weight is 557 g/mol. The van der Waals surface area contributed by atoms with Crippen molar-refractivity contribution in [2.45, 2.75) is 78.3 Å². The topological polar surface area (TPSA) is 104 Å². The smallest absolute Gasteiger partial charge is 0.253 e. The van der Waals surface area contributed by atoms with Crippen LogP contribution in [0.2, 0.25) is 0 Å². The number of pyridine rings is 2. The van der Waals surface area contributed by atoms with Gasteiger partial charge in [-0.1, -0.05) is 67.7 Å². The minimum Gasteiger partial charge on any atom is -0.506 e. The minimum absolute atomic E-state index is 0.0311. The van der Waals surface area contributed by atoms with E-state index in [9.17, 15) is 14.7 Å². The molecule has 0 saturated carbocycles. The van der Waals surface area contributed by atoms with Crippen molar-refractivity contribution in [1.29, 1.82) is 0 Å². The van der Waals surface area contributed by atoms with Crippen molar-refractivity contribution in [1.82, 2.24) is 20.6 Å². The predicted octanol–water partition coefficient (Wildman–Crippen LogP) is 6.96. The zero-order valence-corrected chi connectivity index (χ0v) is 24.4. The van der Waals surface area contributed by atoms with Gasteiger partial charge in [0.05, 0.1) is 23.5 Å². The van der Waals surface area contributed by atoms with Gasteiger partial charge in [-0.3, -0.25) is 19.6 Å². The number of allylic oxidation sites excluding steroid dienone is 10. The highest BCUT2D eigenvalue weighted by molar-refractivity contribution is 5.93. The number of hydrogen-bond donors (Lipinski definition) is 3. The molecular weight excluding hydrogens is 512 g/mol. The lowest BCUT2D eigenvalue weighted by Gasteiger charge is -2.12. The largest absolute Gasteiger partial charge is 0.506 e. The highest BCUT2D eigenvalue weighted by Crippen LogP contribution is 2.21. The van der Waals surface area contributed by atoms with Crippen molar-refractivity contribution in [2.75, 3.05) is 0 Å². The first-order chi connectivity index (χ1) is 20.0. The number of aryl methyl sites for hydroxylation is 1. The molecule has 0 atom stereocenters. The van der Waals surface area contributed by atoms with Crippen molar-refractivity contribution < 1.29 is 14.7 Å². The van der Waals surface area contributed by atoms with Gasteiger partial charge in [0, 0.05) is 30.9 Å². The van der Waals surface area contributed by atoms with Gasteiger partial charge in [-0.2, -0.15) is 0 Å². The van der Waals surface area contributed by atoms with Crippen LogP contribution in [-0.4, -0.2) is 26.9 Å². The molecule has 0 fully saturated rings. The normalized spacial score (nSPS) is 12.0. The van der Waals surface area contributed by atoms with Crippen molar-refractivity contribution in [3.63, 3.8) is 0 Å². The number of hydrogen-bond acceptors (Lipinski definition) is 5. The number of aromatic hydroxyl groups is 1. The molecule has 2 aromatic heterocycles. The number of carbonyl (C=O) groups is 2. The number of carbonyl (C=O) groups excluding carboxylic acids is 2. The van der Waals surface area contributed by atoms with E-state index >= 15 is 0 Å². The lowest BCUT2D eigenvalue weighted by molar-refractivity contribution is -0.121. The summed E-state index contributed by atoms with van der Waals surface area (Å²) < 4.78 is 0. The van der Waals surface area contributed by atoms with E-state index in [4.69, 9.17) is 0 Å². The van der Waals surface area contributed by atoms with Gasteiger partial charge in [-0.15, -0.1) is 0 Å². The third kappa shape index (κ3) is 14.6.